The summed E-state index contributed by atoms with van der Waals surface area (Å²) in [5, 5.41) is 8.95. The number of amides is 1. The molecular formula is C31H31FN4O3. The molecule has 0 bridgehead atoms. The minimum absolute atomic E-state index is 0.0118. The number of benzene rings is 2. The smallest absolute Gasteiger partial charge is 0.255 e. The first-order valence-electron chi connectivity index (χ1n) is 13.3. The van der Waals surface area contributed by atoms with Crippen LogP contribution in [0.4, 0.5) is 4.39 Å². The number of likely N-dealkylation sites (tertiary alicyclic amines) is 2. The van der Waals surface area contributed by atoms with Crippen LogP contribution in [0.15, 0.2) is 66.9 Å². The Morgan fingerprint density at radius 3 is 2.31 bits per heavy atom. The van der Waals surface area contributed by atoms with Gasteiger partial charge in [-0.15, -0.1) is 0 Å². The van der Waals surface area contributed by atoms with Crippen molar-refractivity contribution in [3.05, 3.63) is 101 Å². The highest BCUT2D eigenvalue weighted by Gasteiger charge is 2.32. The van der Waals surface area contributed by atoms with Gasteiger partial charge in [0.1, 0.15) is 11.5 Å². The minimum Gasteiger partial charge on any atom is -0.370 e. The molecule has 7 nitrogen and oxygen atoms in total. The van der Waals surface area contributed by atoms with Gasteiger partial charge < -0.3 is 9.64 Å². The molecule has 0 spiro atoms. The van der Waals surface area contributed by atoms with Crippen molar-refractivity contribution in [2.24, 2.45) is 5.92 Å². The third-order valence-electron chi connectivity index (χ3n) is 7.50. The number of halogens is 1. The Morgan fingerprint density at radius 1 is 0.974 bits per heavy atom. The van der Waals surface area contributed by atoms with Crippen molar-refractivity contribution in [3.63, 3.8) is 0 Å². The molecule has 0 aliphatic carbocycles. The Bertz CT molecular complexity index is 1320. The zero-order valence-corrected chi connectivity index (χ0v) is 21.8. The Balaban J connectivity index is 1.03. The lowest BCUT2D eigenvalue weighted by Gasteiger charge is -2.38. The van der Waals surface area contributed by atoms with E-state index in [1.54, 1.807) is 29.2 Å². The first-order valence-corrected chi connectivity index (χ1v) is 13.3. The Labute approximate surface area is 227 Å². The second-order valence-corrected chi connectivity index (χ2v) is 10.4. The number of ether oxygens (including phenoxy) is 1. The van der Waals surface area contributed by atoms with Gasteiger partial charge in [-0.2, -0.15) is 5.26 Å². The fraction of sp³-hybridized carbons (Fsp3) is 0.355. The number of carbonyl (C=O) groups excluding carboxylic acids is 2. The maximum absolute atomic E-state index is 13.0. The molecule has 0 saturated carbocycles. The van der Waals surface area contributed by atoms with Crippen LogP contribution in [-0.2, 0) is 17.9 Å². The molecule has 3 heterocycles. The quantitative estimate of drug-likeness (QED) is 0.378. The summed E-state index contributed by atoms with van der Waals surface area (Å²) in [6.07, 6.45) is 3.81. The van der Waals surface area contributed by atoms with Crippen molar-refractivity contribution in [2.75, 3.05) is 26.2 Å². The summed E-state index contributed by atoms with van der Waals surface area (Å²) < 4.78 is 18.8. The summed E-state index contributed by atoms with van der Waals surface area (Å²) in [6.45, 7) is 4.07. The Morgan fingerprint density at radius 2 is 1.67 bits per heavy atom. The fourth-order valence-corrected chi connectivity index (χ4v) is 5.03. The van der Waals surface area contributed by atoms with Gasteiger partial charge in [0.2, 0.25) is 0 Å². The van der Waals surface area contributed by atoms with E-state index in [4.69, 9.17) is 10.00 Å². The number of nitrogens with zero attached hydrogens (tertiary/aromatic N) is 4. The van der Waals surface area contributed by atoms with E-state index in [2.05, 4.69) is 16.0 Å². The topological polar surface area (TPSA) is 86.5 Å². The van der Waals surface area contributed by atoms with E-state index in [-0.39, 0.29) is 23.6 Å². The highest BCUT2D eigenvalue weighted by atomic mass is 19.1. The second-order valence-electron chi connectivity index (χ2n) is 10.4. The van der Waals surface area contributed by atoms with Gasteiger partial charge in [-0.25, -0.2) is 4.39 Å². The van der Waals surface area contributed by atoms with E-state index in [9.17, 15) is 14.0 Å². The summed E-state index contributed by atoms with van der Waals surface area (Å²) in [7, 11) is 0. The molecule has 2 saturated heterocycles. The molecule has 8 heteroatoms. The highest BCUT2D eigenvalue weighted by molar-refractivity contribution is 5.97. The number of ketones is 1. The fourth-order valence-electron chi connectivity index (χ4n) is 5.03. The minimum atomic E-state index is -0.279. The van der Waals surface area contributed by atoms with Crippen LogP contribution >= 0.6 is 0 Å². The molecule has 2 aliphatic heterocycles. The number of carbonyl (C=O) groups is 2. The van der Waals surface area contributed by atoms with Crippen LogP contribution in [0, 0.1) is 23.1 Å². The van der Waals surface area contributed by atoms with Crippen LogP contribution in [0.2, 0.25) is 0 Å². The molecule has 2 aliphatic rings. The molecule has 0 N–H and O–H groups in total. The number of hydrogen-bond acceptors (Lipinski definition) is 6. The monoisotopic (exact) mass is 526 g/mol. The first kappa shape index (κ1) is 26.7. The molecule has 1 amide bonds. The van der Waals surface area contributed by atoms with Crippen molar-refractivity contribution in [1.82, 2.24) is 14.8 Å². The standard InChI is InChI=1S/C31H31FN4O3/c32-27-8-5-25(6-9-27)21-39-28-19-36(20-28)31(38)26-7-10-29(34-17-26)30(37)15-22-11-13-35(14-12-22)18-24-3-1-23(16-33)2-4-24/h1-10,17,22,28H,11-15,18-21H2. The number of aromatic nitrogens is 1. The summed E-state index contributed by atoms with van der Waals surface area (Å²) in [5.41, 5.74) is 3.60. The van der Waals surface area contributed by atoms with Gasteiger partial charge in [0, 0.05) is 32.3 Å². The van der Waals surface area contributed by atoms with Crippen LogP contribution in [0.5, 0.6) is 0 Å². The largest absolute Gasteiger partial charge is 0.370 e. The second kappa shape index (κ2) is 12.3. The normalized spacial score (nSPS) is 16.5. The molecule has 0 unspecified atom stereocenters. The van der Waals surface area contributed by atoms with Crippen molar-refractivity contribution < 1.29 is 18.7 Å². The van der Waals surface area contributed by atoms with Gasteiger partial charge in [0.15, 0.2) is 5.78 Å². The average molecular weight is 527 g/mol. The van der Waals surface area contributed by atoms with E-state index >= 15 is 0 Å². The lowest BCUT2D eigenvalue weighted by molar-refractivity contribution is -0.0503. The summed E-state index contributed by atoms with van der Waals surface area (Å²) in [5.74, 6) is -0.0700. The number of rotatable bonds is 9. The number of pyridine rings is 1. The van der Waals surface area contributed by atoms with Gasteiger partial charge >= 0.3 is 0 Å². The van der Waals surface area contributed by atoms with Crippen LogP contribution in [0.25, 0.3) is 0 Å². The van der Waals surface area contributed by atoms with E-state index < -0.39 is 0 Å². The zero-order chi connectivity index (χ0) is 27.2. The highest BCUT2D eigenvalue weighted by Crippen LogP contribution is 2.24. The van der Waals surface area contributed by atoms with Crippen LogP contribution in [0.3, 0.4) is 0 Å². The Kier molecular flexibility index (Phi) is 8.40. The van der Waals surface area contributed by atoms with Crippen molar-refractivity contribution >= 4 is 11.7 Å². The summed E-state index contributed by atoms with van der Waals surface area (Å²) in [4.78, 5) is 34.0. The lowest BCUT2D eigenvalue weighted by atomic mass is 9.90. The molecule has 5 rings (SSSR count). The zero-order valence-electron chi connectivity index (χ0n) is 21.8. The van der Waals surface area contributed by atoms with Crippen molar-refractivity contribution in [2.45, 2.75) is 38.5 Å². The number of hydrogen-bond donors (Lipinski definition) is 0. The summed E-state index contributed by atoms with van der Waals surface area (Å²) >= 11 is 0. The molecule has 2 aromatic carbocycles. The molecule has 1 aromatic heterocycles. The third kappa shape index (κ3) is 6.94. The van der Waals surface area contributed by atoms with Gasteiger partial charge in [0.25, 0.3) is 5.91 Å². The van der Waals surface area contributed by atoms with Gasteiger partial charge in [-0.3, -0.25) is 19.5 Å². The predicted molar refractivity (Wildman–Crippen MR) is 143 cm³/mol. The van der Waals surface area contributed by atoms with E-state index in [0.29, 0.717) is 48.9 Å². The van der Waals surface area contributed by atoms with Gasteiger partial charge in [-0.1, -0.05) is 24.3 Å². The number of piperidine rings is 1. The molecule has 0 radical (unpaired) electrons. The molecule has 0 atom stereocenters. The van der Waals surface area contributed by atoms with E-state index in [0.717, 1.165) is 38.0 Å². The van der Waals surface area contributed by atoms with Crippen LogP contribution < -0.4 is 0 Å². The molecule has 200 valence electrons. The predicted octanol–water partition coefficient (Wildman–Crippen LogP) is 4.62. The van der Waals surface area contributed by atoms with Crippen LogP contribution in [-0.4, -0.2) is 58.8 Å². The maximum Gasteiger partial charge on any atom is 0.255 e. The maximum atomic E-state index is 13.0. The van der Waals surface area contributed by atoms with Gasteiger partial charge in [-0.05, 0) is 79.4 Å². The number of Topliss-reactive ketones (excluding diaryl/α,β-unsaturated/α-hetero) is 1. The Hall–Kier alpha value is -3.93. The molecule has 39 heavy (non-hydrogen) atoms. The number of nitriles is 1. The van der Waals surface area contributed by atoms with Crippen LogP contribution in [0.1, 0.15) is 56.8 Å². The van der Waals surface area contributed by atoms with E-state index in [1.807, 2.05) is 24.3 Å². The third-order valence-corrected chi connectivity index (χ3v) is 7.50. The first-order chi connectivity index (χ1) is 19.0. The molecular weight excluding hydrogens is 495 g/mol. The summed E-state index contributed by atoms with van der Waals surface area (Å²) in [6, 6.07) is 19.3. The SMILES string of the molecule is N#Cc1ccc(CN2CCC(CC(=O)c3ccc(C(=O)N4CC(OCc5ccc(F)cc5)C4)cn3)CC2)cc1. The molecule has 3 aromatic rings. The van der Waals surface area contributed by atoms with E-state index in [1.165, 1.54) is 23.9 Å². The average Bonchev–Trinajstić information content (AvgIpc) is 2.94. The van der Waals surface area contributed by atoms with Gasteiger partial charge in [0.05, 0.1) is 29.9 Å². The molecule has 2 fully saturated rings. The van der Waals surface area contributed by atoms with Crippen molar-refractivity contribution in [3.8, 4) is 6.07 Å². The lowest BCUT2D eigenvalue weighted by Crippen LogP contribution is -2.54. The van der Waals surface area contributed by atoms with Crippen molar-refractivity contribution in [1.29, 1.82) is 5.26 Å².